The van der Waals surface area contributed by atoms with Crippen LogP contribution < -0.4 is 0 Å². The number of halogens is 6. The van der Waals surface area contributed by atoms with Gasteiger partial charge in [0, 0.05) is 32.8 Å². The Balaban J connectivity index is 1.50. The van der Waals surface area contributed by atoms with Crippen LogP contribution in [0.3, 0.4) is 0 Å². The van der Waals surface area contributed by atoms with E-state index >= 15 is 0 Å². The molecule has 0 aliphatic carbocycles. The summed E-state index contributed by atoms with van der Waals surface area (Å²) in [5.41, 5.74) is 1.60. The number of nitriles is 1. The molecule has 0 amide bonds. The third kappa shape index (κ3) is 5.66. The van der Waals surface area contributed by atoms with E-state index in [-0.39, 0.29) is 34.0 Å². The van der Waals surface area contributed by atoms with E-state index < -0.39 is 23.5 Å². The molecule has 52 heavy (non-hydrogen) atoms. The molecule has 0 fully saturated rings. The van der Waals surface area contributed by atoms with Gasteiger partial charge < -0.3 is 0 Å². The summed E-state index contributed by atoms with van der Waals surface area (Å²) in [5.74, 6) is 0. The van der Waals surface area contributed by atoms with Gasteiger partial charge >= 0.3 is 12.4 Å². The molecule has 2 heterocycles. The minimum Gasteiger partial charge on any atom is -0.247 e. The molecule has 0 aliphatic rings. The smallest absolute Gasteiger partial charge is 0.247 e. The Bertz CT molecular complexity index is 2680. The summed E-state index contributed by atoms with van der Waals surface area (Å²) in [6.07, 6.45) is -10.1. The van der Waals surface area contributed by atoms with E-state index in [1.54, 1.807) is 30.3 Å². The molecule has 0 aliphatic heterocycles. The molecule has 8 rings (SSSR count). The molecule has 0 radical (unpaired) electrons. The molecule has 0 atom stereocenters. The molecule has 8 aromatic rings. The maximum atomic E-state index is 14.0. The quantitative estimate of drug-likeness (QED) is 0.136. The summed E-state index contributed by atoms with van der Waals surface area (Å²) in [6.45, 7) is 0. The van der Waals surface area contributed by atoms with Gasteiger partial charge in [0.2, 0.25) is 0 Å². The van der Waals surface area contributed by atoms with Crippen molar-refractivity contribution in [2.24, 2.45) is 0 Å². The van der Waals surface area contributed by atoms with Crippen molar-refractivity contribution in [2.75, 3.05) is 0 Å². The summed E-state index contributed by atoms with van der Waals surface area (Å²) >= 11 is 0. The lowest BCUT2D eigenvalue weighted by Gasteiger charge is -2.19. The zero-order chi connectivity index (χ0) is 36.2. The van der Waals surface area contributed by atoms with Crippen molar-refractivity contribution in [2.45, 2.75) is 12.4 Å². The molecule has 0 unspecified atom stereocenters. The van der Waals surface area contributed by atoms with Gasteiger partial charge in [0.15, 0.2) is 0 Å². The molecule has 0 saturated heterocycles. The van der Waals surface area contributed by atoms with Gasteiger partial charge in [-0.25, -0.2) is 15.0 Å². The van der Waals surface area contributed by atoms with Crippen LogP contribution in [-0.4, -0.2) is 15.0 Å². The first-order valence-corrected chi connectivity index (χ1v) is 16.0. The summed E-state index contributed by atoms with van der Waals surface area (Å²) in [6, 6.07) is 37.7. The van der Waals surface area contributed by atoms with Crippen LogP contribution >= 0.6 is 0 Å². The second kappa shape index (κ2) is 12.3. The van der Waals surface area contributed by atoms with Crippen LogP contribution in [0.5, 0.6) is 0 Å². The first-order chi connectivity index (χ1) is 25.0. The number of benzene rings is 6. The van der Waals surface area contributed by atoms with E-state index in [2.05, 4.69) is 6.07 Å². The van der Waals surface area contributed by atoms with E-state index in [1.807, 2.05) is 72.8 Å². The molecular weight excluding hydrogens is 674 g/mol. The molecule has 2 aromatic heterocycles. The third-order valence-electron chi connectivity index (χ3n) is 8.90. The standard InChI is InChI=1S/C42H22F6N4/c43-41(44,45)28-19-26(20-29(22-28)42(46,47)48)30-15-7-8-16-31(30)39-35-27(23-49)21-34-40(36(35)32-17-9-10-18-33(32)50-39)52-38(25-13-5-2-6-14-25)37(51-34)24-11-3-1-4-12-24/h1-22H. The number of aromatic nitrogens is 3. The normalized spacial score (nSPS) is 12.0. The van der Waals surface area contributed by atoms with Crippen molar-refractivity contribution in [3.8, 4) is 51.0 Å². The second-order valence-corrected chi connectivity index (χ2v) is 12.1. The van der Waals surface area contributed by atoms with Crippen LogP contribution in [0.1, 0.15) is 16.7 Å². The molecule has 0 N–H and O–H groups in total. The van der Waals surface area contributed by atoms with Gasteiger partial charge in [-0.1, -0.05) is 103 Å². The zero-order valence-corrected chi connectivity index (χ0v) is 26.8. The first-order valence-electron chi connectivity index (χ1n) is 16.0. The van der Waals surface area contributed by atoms with Crippen LogP contribution in [0.2, 0.25) is 0 Å². The minimum absolute atomic E-state index is 0.0719. The third-order valence-corrected chi connectivity index (χ3v) is 8.90. The highest BCUT2D eigenvalue weighted by atomic mass is 19.4. The predicted octanol–water partition coefficient (Wildman–Crippen LogP) is 11.9. The summed E-state index contributed by atoms with van der Waals surface area (Å²) < 4.78 is 83.8. The Morgan fingerprint density at radius 3 is 1.58 bits per heavy atom. The van der Waals surface area contributed by atoms with E-state index in [4.69, 9.17) is 15.0 Å². The average Bonchev–Trinajstić information content (AvgIpc) is 3.16. The van der Waals surface area contributed by atoms with Gasteiger partial charge in [-0.15, -0.1) is 0 Å². The molecule has 252 valence electrons. The fraction of sp³-hybridized carbons (Fsp3) is 0.0476. The van der Waals surface area contributed by atoms with E-state index in [1.165, 1.54) is 12.1 Å². The maximum absolute atomic E-state index is 14.0. The lowest BCUT2D eigenvalue weighted by molar-refractivity contribution is -0.143. The largest absolute Gasteiger partial charge is 0.416 e. The van der Waals surface area contributed by atoms with Crippen LogP contribution in [0.4, 0.5) is 26.3 Å². The van der Waals surface area contributed by atoms with Crippen molar-refractivity contribution in [3.05, 3.63) is 150 Å². The van der Waals surface area contributed by atoms with Crippen molar-refractivity contribution in [1.29, 1.82) is 5.26 Å². The lowest BCUT2D eigenvalue weighted by Crippen LogP contribution is -2.11. The predicted molar refractivity (Wildman–Crippen MR) is 189 cm³/mol. The Morgan fingerprint density at radius 1 is 0.462 bits per heavy atom. The Labute approximate surface area is 292 Å². The van der Waals surface area contributed by atoms with Gasteiger partial charge in [-0.05, 0) is 41.5 Å². The van der Waals surface area contributed by atoms with Gasteiger partial charge in [-0.3, -0.25) is 0 Å². The number of fused-ring (bicyclic) bond motifs is 5. The molecule has 10 heteroatoms. The number of alkyl halides is 6. The SMILES string of the molecule is N#Cc1cc2nc(-c3ccccc3)c(-c3ccccc3)nc2c2c1c(-c1ccccc1-c1cc(C(F)(F)F)cc(C(F)(F)F)c1)nc1ccccc12. The summed E-state index contributed by atoms with van der Waals surface area (Å²) in [7, 11) is 0. The number of nitrogens with zero attached hydrogens (tertiary/aromatic N) is 4. The van der Waals surface area contributed by atoms with E-state index in [9.17, 15) is 31.6 Å². The lowest BCUT2D eigenvalue weighted by atomic mass is 9.90. The van der Waals surface area contributed by atoms with Crippen molar-refractivity contribution in [1.82, 2.24) is 15.0 Å². The average molecular weight is 697 g/mol. The number of pyridine rings is 1. The number of para-hydroxylation sites is 1. The molecule has 4 nitrogen and oxygen atoms in total. The molecule has 0 bridgehead atoms. The number of hydrogen-bond acceptors (Lipinski definition) is 4. The van der Waals surface area contributed by atoms with Gasteiger partial charge in [0.05, 0.1) is 56.4 Å². The minimum atomic E-state index is -5.04. The molecular formula is C42H22F6N4. The first kappa shape index (κ1) is 32.6. The van der Waals surface area contributed by atoms with Gasteiger partial charge in [0.25, 0.3) is 0 Å². The zero-order valence-electron chi connectivity index (χ0n) is 26.8. The van der Waals surface area contributed by atoms with Crippen LogP contribution in [-0.2, 0) is 12.4 Å². The Hall–Kier alpha value is -6.60. The van der Waals surface area contributed by atoms with E-state index in [0.29, 0.717) is 56.2 Å². The second-order valence-electron chi connectivity index (χ2n) is 12.1. The fourth-order valence-corrected chi connectivity index (χ4v) is 6.59. The highest BCUT2D eigenvalue weighted by Gasteiger charge is 2.37. The van der Waals surface area contributed by atoms with Crippen molar-refractivity contribution >= 4 is 32.7 Å². The van der Waals surface area contributed by atoms with Crippen molar-refractivity contribution < 1.29 is 26.3 Å². The topological polar surface area (TPSA) is 62.5 Å². The number of rotatable bonds is 4. The van der Waals surface area contributed by atoms with Crippen LogP contribution in [0.15, 0.2) is 133 Å². The molecule has 6 aromatic carbocycles. The Morgan fingerprint density at radius 2 is 0.981 bits per heavy atom. The highest BCUT2D eigenvalue weighted by molar-refractivity contribution is 6.23. The maximum Gasteiger partial charge on any atom is 0.416 e. The van der Waals surface area contributed by atoms with Gasteiger partial charge in [-0.2, -0.15) is 31.6 Å². The van der Waals surface area contributed by atoms with Gasteiger partial charge in [0.1, 0.15) is 0 Å². The fourth-order valence-electron chi connectivity index (χ4n) is 6.59. The monoisotopic (exact) mass is 696 g/mol. The molecule has 0 saturated carbocycles. The number of hydrogen-bond donors (Lipinski definition) is 0. The highest BCUT2D eigenvalue weighted by Crippen LogP contribution is 2.45. The van der Waals surface area contributed by atoms with Crippen LogP contribution in [0.25, 0.3) is 77.6 Å². The Kier molecular flexibility index (Phi) is 7.72. The van der Waals surface area contributed by atoms with Crippen LogP contribution in [0, 0.1) is 11.3 Å². The van der Waals surface area contributed by atoms with E-state index in [0.717, 1.165) is 11.1 Å². The molecule has 0 spiro atoms. The van der Waals surface area contributed by atoms with Crippen molar-refractivity contribution in [3.63, 3.8) is 0 Å². The summed E-state index contributed by atoms with van der Waals surface area (Å²) in [4.78, 5) is 15.2. The summed E-state index contributed by atoms with van der Waals surface area (Å²) in [5, 5.41) is 12.1.